The van der Waals surface area contributed by atoms with E-state index in [1.165, 1.54) is 12.1 Å². The maximum Gasteiger partial charge on any atom is 0.123 e. The number of aromatic nitrogens is 2. The summed E-state index contributed by atoms with van der Waals surface area (Å²) < 4.78 is 12.7. The van der Waals surface area contributed by atoms with E-state index in [4.69, 9.17) is 5.73 Å². The first-order chi connectivity index (χ1) is 7.18. The molecule has 3 N–H and O–H groups in total. The van der Waals surface area contributed by atoms with Crippen molar-refractivity contribution in [2.75, 3.05) is 0 Å². The number of hydrogen-bond acceptors (Lipinski definition) is 2. The van der Waals surface area contributed by atoms with Gasteiger partial charge in [-0.3, -0.25) is 5.10 Å². The van der Waals surface area contributed by atoms with Crippen molar-refractivity contribution in [3.8, 4) is 11.3 Å². The van der Waals surface area contributed by atoms with E-state index in [0.29, 0.717) is 0 Å². The molecule has 1 atom stereocenters. The number of H-pyrrole nitrogens is 1. The number of nitrogens with zero attached hydrogens (tertiary/aromatic N) is 1. The van der Waals surface area contributed by atoms with E-state index in [9.17, 15) is 4.39 Å². The molecule has 0 unspecified atom stereocenters. The molecule has 0 radical (unpaired) electrons. The van der Waals surface area contributed by atoms with E-state index < -0.39 is 0 Å². The predicted molar refractivity (Wildman–Crippen MR) is 56.6 cm³/mol. The molecule has 0 amide bonds. The van der Waals surface area contributed by atoms with Gasteiger partial charge >= 0.3 is 0 Å². The molecule has 0 fully saturated rings. The molecule has 0 spiro atoms. The summed E-state index contributed by atoms with van der Waals surface area (Å²) in [4.78, 5) is 0. The Morgan fingerprint density at radius 1 is 1.33 bits per heavy atom. The van der Waals surface area contributed by atoms with Crippen LogP contribution in [0.1, 0.15) is 18.5 Å². The van der Waals surface area contributed by atoms with Gasteiger partial charge in [-0.15, -0.1) is 0 Å². The highest BCUT2D eigenvalue weighted by Gasteiger charge is 2.10. The molecule has 0 saturated carbocycles. The van der Waals surface area contributed by atoms with E-state index >= 15 is 0 Å². The normalized spacial score (nSPS) is 12.7. The van der Waals surface area contributed by atoms with Crippen LogP contribution in [-0.2, 0) is 0 Å². The molecule has 78 valence electrons. The molecule has 4 heteroatoms. The van der Waals surface area contributed by atoms with Crippen LogP contribution in [0.25, 0.3) is 11.3 Å². The fraction of sp³-hybridized carbons (Fsp3) is 0.182. The second-order valence-electron chi connectivity index (χ2n) is 3.50. The topological polar surface area (TPSA) is 54.7 Å². The molecule has 1 heterocycles. The van der Waals surface area contributed by atoms with Gasteiger partial charge < -0.3 is 5.73 Å². The van der Waals surface area contributed by atoms with Gasteiger partial charge in [0.05, 0.1) is 11.9 Å². The molecule has 2 aromatic rings. The first-order valence-corrected chi connectivity index (χ1v) is 4.73. The second kappa shape index (κ2) is 3.82. The zero-order valence-electron chi connectivity index (χ0n) is 8.37. The molecule has 1 aromatic heterocycles. The number of nitrogens with one attached hydrogen (secondary N) is 1. The third-order valence-corrected chi connectivity index (χ3v) is 2.29. The number of nitrogens with two attached hydrogens (primary N) is 1. The van der Waals surface area contributed by atoms with Crippen LogP contribution in [0.2, 0.25) is 0 Å². The first kappa shape index (κ1) is 9.86. The molecule has 15 heavy (non-hydrogen) atoms. The van der Waals surface area contributed by atoms with E-state index in [1.807, 2.05) is 6.92 Å². The van der Waals surface area contributed by atoms with Crippen LogP contribution in [0, 0.1) is 5.82 Å². The Hall–Kier alpha value is -1.68. The van der Waals surface area contributed by atoms with Crippen molar-refractivity contribution >= 4 is 0 Å². The van der Waals surface area contributed by atoms with E-state index in [1.54, 1.807) is 18.3 Å². The van der Waals surface area contributed by atoms with Gasteiger partial charge in [0.2, 0.25) is 0 Å². The molecular weight excluding hydrogens is 193 g/mol. The van der Waals surface area contributed by atoms with Crippen molar-refractivity contribution < 1.29 is 4.39 Å². The summed E-state index contributed by atoms with van der Waals surface area (Å²) >= 11 is 0. The first-order valence-electron chi connectivity index (χ1n) is 4.73. The minimum absolute atomic E-state index is 0.0937. The quantitative estimate of drug-likeness (QED) is 0.789. The summed E-state index contributed by atoms with van der Waals surface area (Å²) in [5.74, 6) is -0.249. The van der Waals surface area contributed by atoms with Gasteiger partial charge in [-0.2, -0.15) is 5.10 Å². The Kier molecular flexibility index (Phi) is 2.51. The molecule has 0 aliphatic carbocycles. The average Bonchev–Trinajstić information content (AvgIpc) is 2.67. The van der Waals surface area contributed by atoms with Gasteiger partial charge in [0.25, 0.3) is 0 Å². The third kappa shape index (κ3) is 1.89. The second-order valence-corrected chi connectivity index (χ2v) is 3.50. The van der Waals surface area contributed by atoms with Crippen molar-refractivity contribution in [1.29, 1.82) is 0 Å². The minimum atomic E-state index is -0.249. The molecule has 3 nitrogen and oxygen atoms in total. The van der Waals surface area contributed by atoms with Crippen molar-refractivity contribution in [3.05, 3.63) is 41.8 Å². The highest BCUT2D eigenvalue weighted by molar-refractivity contribution is 5.63. The summed E-state index contributed by atoms with van der Waals surface area (Å²) in [6.45, 7) is 1.89. The van der Waals surface area contributed by atoms with Crippen molar-refractivity contribution in [1.82, 2.24) is 10.2 Å². The lowest BCUT2D eigenvalue weighted by molar-refractivity contribution is 0.628. The highest BCUT2D eigenvalue weighted by atomic mass is 19.1. The lowest BCUT2D eigenvalue weighted by Crippen LogP contribution is -2.05. The maximum absolute atomic E-state index is 12.7. The van der Waals surface area contributed by atoms with Crippen LogP contribution in [0.4, 0.5) is 4.39 Å². The van der Waals surface area contributed by atoms with Crippen LogP contribution >= 0.6 is 0 Å². The van der Waals surface area contributed by atoms with Gasteiger partial charge in [-0.1, -0.05) is 0 Å². The number of hydrogen-bond donors (Lipinski definition) is 2. The number of halogens is 1. The van der Waals surface area contributed by atoms with E-state index in [0.717, 1.165) is 16.8 Å². The maximum atomic E-state index is 12.7. The molecule has 2 rings (SSSR count). The molecule has 0 aliphatic heterocycles. The van der Waals surface area contributed by atoms with E-state index in [2.05, 4.69) is 10.2 Å². The molecule has 1 aromatic carbocycles. The van der Waals surface area contributed by atoms with Crippen LogP contribution < -0.4 is 5.73 Å². The number of aromatic amines is 1. The van der Waals surface area contributed by atoms with Gasteiger partial charge in [0.1, 0.15) is 5.82 Å². The SMILES string of the molecule is C[C@@H](N)c1cn[nH]c1-c1ccc(F)cc1. The molecular formula is C11H12FN3. The van der Waals surface area contributed by atoms with Crippen molar-refractivity contribution in [3.63, 3.8) is 0 Å². The molecule has 0 aliphatic rings. The lowest BCUT2D eigenvalue weighted by Gasteiger charge is -2.05. The summed E-state index contributed by atoms with van der Waals surface area (Å²) in [5.41, 5.74) is 8.47. The van der Waals surface area contributed by atoms with Crippen molar-refractivity contribution in [2.45, 2.75) is 13.0 Å². The van der Waals surface area contributed by atoms with Gasteiger partial charge in [-0.05, 0) is 31.2 Å². The van der Waals surface area contributed by atoms with Gasteiger partial charge in [0, 0.05) is 17.2 Å². The fourth-order valence-electron chi connectivity index (χ4n) is 1.49. The van der Waals surface area contributed by atoms with Crippen molar-refractivity contribution in [2.24, 2.45) is 5.73 Å². The van der Waals surface area contributed by atoms with Crippen LogP contribution in [-0.4, -0.2) is 10.2 Å². The van der Waals surface area contributed by atoms with Gasteiger partial charge in [-0.25, -0.2) is 4.39 Å². The highest BCUT2D eigenvalue weighted by Crippen LogP contribution is 2.24. The lowest BCUT2D eigenvalue weighted by atomic mass is 10.0. The molecule has 0 saturated heterocycles. The minimum Gasteiger partial charge on any atom is -0.324 e. The predicted octanol–water partition coefficient (Wildman–Crippen LogP) is 2.24. The Labute approximate surface area is 87.1 Å². The van der Waals surface area contributed by atoms with E-state index in [-0.39, 0.29) is 11.9 Å². The Bertz CT molecular complexity index is 445. The summed E-state index contributed by atoms with van der Waals surface area (Å²) in [6.07, 6.45) is 1.70. The number of benzene rings is 1. The smallest absolute Gasteiger partial charge is 0.123 e. The molecule has 0 bridgehead atoms. The number of rotatable bonds is 2. The zero-order valence-corrected chi connectivity index (χ0v) is 8.37. The standard InChI is InChI=1S/C11H12FN3/c1-7(13)10-6-14-15-11(10)8-2-4-9(12)5-3-8/h2-7H,13H2,1H3,(H,14,15)/t7-/m1/s1. The monoisotopic (exact) mass is 205 g/mol. The Morgan fingerprint density at radius 2 is 2.00 bits per heavy atom. The average molecular weight is 205 g/mol. The van der Waals surface area contributed by atoms with Crippen LogP contribution in [0.3, 0.4) is 0 Å². The fourth-order valence-corrected chi connectivity index (χ4v) is 1.49. The third-order valence-electron chi connectivity index (χ3n) is 2.29. The zero-order chi connectivity index (χ0) is 10.8. The summed E-state index contributed by atoms with van der Waals surface area (Å²) in [6, 6.07) is 6.15. The van der Waals surface area contributed by atoms with Crippen LogP contribution in [0.5, 0.6) is 0 Å². The van der Waals surface area contributed by atoms with Gasteiger partial charge in [0.15, 0.2) is 0 Å². The Morgan fingerprint density at radius 3 is 2.60 bits per heavy atom. The summed E-state index contributed by atoms with van der Waals surface area (Å²) in [5, 5.41) is 6.81. The largest absolute Gasteiger partial charge is 0.324 e. The Balaban J connectivity index is 2.45. The van der Waals surface area contributed by atoms with Crippen LogP contribution in [0.15, 0.2) is 30.5 Å². The summed E-state index contributed by atoms with van der Waals surface area (Å²) in [7, 11) is 0.